The summed E-state index contributed by atoms with van der Waals surface area (Å²) in [5, 5.41) is 19.5. The molecule has 2 amide bonds. The third-order valence-electron chi connectivity index (χ3n) is 2.34. The topological polar surface area (TPSA) is 116 Å². The van der Waals surface area contributed by atoms with Crippen molar-refractivity contribution in [2.75, 3.05) is 0 Å². The average molecular weight is 247 g/mol. The molecule has 0 aliphatic heterocycles. The van der Waals surface area contributed by atoms with Gasteiger partial charge in [-0.05, 0) is 24.1 Å². The standard InChI is InChI=1S/C12H13N3O3/c13-7-9-3-1-8(2-4-9)5-10(6-11(14)16)15-12(17)18/h1-4,10,15H,5-6H2,(H2,14,16)(H,17,18). The Bertz CT molecular complexity index is 460. The number of nitriles is 1. The number of hydrogen-bond acceptors (Lipinski definition) is 3. The van der Waals surface area contributed by atoms with Gasteiger partial charge in [-0.15, -0.1) is 0 Å². The van der Waals surface area contributed by atoms with Crippen molar-refractivity contribution in [1.82, 2.24) is 5.32 Å². The van der Waals surface area contributed by atoms with Gasteiger partial charge in [0.2, 0.25) is 5.91 Å². The lowest BCUT2D eigenvalue weighted by atomic mass is 10.0. The van der Waals surface area contributed by atoms with Crippen LogP contribution in [0.4, 0.5) is 4.79 Å². The molecule has 6 nitrogen and oxygen atoms in total. The van der Waals surface area contributed by atoms with E-state index in [1.807, 2.05) is 6.07 Å². The molecule has 0 spiro atoms. The summed E-state index contributed by atoms with van der Waals surface area (Å²) in [5.41, 5.74) is 6.41. The Morgan fingerprint density at radius 3 is 2.44 bits per heavy atom. The summed E-state index contributed by atoms with van der Waals surface area (Å²) in [6.45, 7) is 0. The van der Waals surface area contributed by atoms with Crippen molar-refractivity contribution < 1.29 is 14.7 Å². The van der Waals surface area contributed by atoms with Gasteiger partial charge in [0.1, 0.15) is 0 Å². The monoisotopic (exact) mass is 247 g/mol. The smallest absolute Gasteiger partial charge is 0.404 e. The number of amides is 2. The van der Waals surface area contributed by atoms with Crippen LogP contribution >= 0.6 is 0 Å². The molecule has 1 aromatic carbocycles. The predicted octanol–water partition coefficient (Wildman–Crippen LogP) is 0.612. The van der Waals surface area contributed by atoms with E-state index in [-0.39, 0.29) is 6.42 Å². The van der Waals surface area contributed by atoms with E-state index < -0.39 is 18.0 Å². The molecule has 0 radical (unpaired) electrons. The minimum absolute atomic E-state index is 0.0632. The molecule has 0 aromatic heterocycles. The van der Waals surface area contributed by atoms with Gasteiger partial charge in [0.25, 0.3) is 0 Å². The number of carbonyl (C=O) groups is 2. The summed E-state index contributed by atoms with van der Waals surface area (Å²) >= 11 is 0. The highest BCUT2D eigenvalue weighted by atomic mass is 16.4. The zero-order chi connectivity index (χ0) is 13.5. The maximum Gasteiger partial charge on any atom is 0.404 e. The SMILES string of the molecule is N#Cc1ccc(CC(CC(N)=O)NC(=O)O)cc1. The van der Waals surface area contributed by atoms with Gasteiger partial charge in [-0.1, -0.05) is 12.1 Å². The Hall–Kier alpha value is -2.55. The highest BCUT2D eigenvalue weighted by molar-refractivity contribution is 5.75. The fraction of sp³-hybridized carbons (Fsp3) is 0.250. The van der Waals surface area contributed by atoms with Crippen molar-refractivity contribution >= 4 is 12.0 Å². The molecule has 94 valence electrons. The van der Waals surface area contributed by atoms with Crippen LogP contribution in [0.1, 0.15) is 17.5 Å². The molecular weight excluding hydrogens is 234 g/mol. The van der Waals surface area contributed by atoms with Crippen LogP contribution in [0.25, 0.3) is 0 Å². The Balaban J connectivity index is 2.72. The van der Waals surface area contributed by atoms with Crippen molar-refractivity contribution in [3.63, 3.8) is 0 Å². The lowest BCUT2D eigenvalue weighted by Crippen LogP contribution is -2.38. The second kappa shape index (κ2) is 6.25. The van der Waals surface area contributed by atoms with Crippen molar-refractivity contribution in [2.24, 2.45) is 5.73 Å². The Kier molecular flexibility index (Phi) is 4.69. The predicted molar refractivity (Wildman–Crippen MR) is 63.6 cm³/mol. The van der Waals surface area contributed by atoms with Gasteiger partial charge in [-0.3, -0.25) is 4.79 Å². The van der Waals surface area contributed by atoms with Crippen molar-refractivity contribution in [1.29, 1.82) is 5.26 Å². The number of rotatable bonds is 5. The molecule has 1 unspecified atom stereocenters. The minimum Gasteiger partial charge on any atom is -0.465 e. The lowest BCUT2D eigenvalue weighted by molar-refractivity contribution is -0.118. The van der Waals surface area contributed by atoms with Gasteiger partial charge >= 0.3 is 6.09 Å². The number of benzene rings is 1. The number of carbonyl (C=O) groups excluding carboxylic acids is 1. The van der Waals surface area contributed by atoms with Crippen LogP contribution < -0.4 is 11.1 Å². The van der Waals surface area contributed by atoms with E-state index in [1.54, 1.807) is 24.3 Å². The second-order valence-corrected chi connectivity index (χ2v) is 3.83. The Morgan fingerprint density at radius 2 is 2.00 bits per heavy atom. The zero-order valence-corrected chi connectivity index (χ0v) is 9.59. The number of primary amides is 1. The third kappa shape index (κ3) is 4.53. The molecule has 0 fully saturated rings. The van der Waals surface area contributed by atoms with Crippen LogP contribution in [-0.2, 0) is 11.2 Å². The second-order valence-electron chi connectivity index (χ2n) is 3.83. The van der Waals surface area contributed by atoms with E-state index >= 15 is 0 Å². The van der Waals surface area contributed by atoms with Crippen molar-refractivity contribution in [3.8, 4) is 6.07 Å². The minimum atomic E-state index is -1.20. The van der Waals surface area contributed by atoms with Crippen molar-refractivity contribution in [2.45, 2.75) is 18.9 Å². The van der Waals surface area contributed by atoms with Gasteiger partial charge in [0, 0.05) is 12.5 Å². The van der Waals surface area contributed by atoms with E-state index in [9.17, 15) is 9.59 Å². The Morgan fingerprint density at radius 1 is 1.39 bits per heavy atom. The molecule has 0 saturated carbocycles. The van der Waals surface area contributed by atoms with Crippen LogP contribution in [-0.4, -0.2) is 23.1 Å². The number of carboxylic acid groups (broad SMARTS) is 1. The van der Waals surface area contributed by atoms with Crippen LogP contribution in [0.2, 0.25) is 0 Å². The maximum atomic E-state index is 10.8. The summed E-state index contributed by atoms with van der Waals surface area (Å²) in [7, 11) is 0. The molecule has 6 heteroatoms. The quantitative estimate of drug-likeness (QED) is 0.706. The van der Waals surface area contributed by atoms with E-state index in [0.717, 1.165) is 5.56 Å². The normalized spacial score (nSPS) is 11.3. The number of nitrogens with one attached hydrogen (secondary N) is 1. The summed E-state index contributed by atoms with van der Waals surface area (Å²) in [6, 6.07) is 8.14. The largest absolute Gasteiger partial charge is 0.465 e. The van der Waals surface area contributed by atoms with E-state index in [0.29, 0.717) is 12.0 Å². The molecule has 18 heavy (non-hydrogen) atoms. The summed E-state index contributed by atoms with van der Waals surface area (Å²) in [5.74, 6) is -0.567. The molecule has 0 aliphatic carbocycles. The zero-order valence-electron chi connectivity index (χ0n) is 9.59. The van der Waals surface area contributed by atoms with E-state index in [2.05, 4.69) is 5.32 Å². The summed E-state index contributed by atoms with van der Waals surface area (Å²) in [4.78, 5) is 21.4. The summed E-state index contributed by atoms with van der Waals surface area (Å²) in [6.07, 6.45) is -0.914. The van der Waals surface area contributed by atoms with E-state index in [4.69, 9.17) is 16.1 Å². The van der Waals surface area contributed by atoms with Gasteiger partial charge in [0.15, 0.2) is 0 Å². The van der Waals surface area contributed by atoms with Gasteiger partial charge in [-0.25, -0.2) is 4.79 Å². The highest BCUT2D eigenvalue weighted by Crippen LogP contribution is 2.08. The van der Waals surface area contributed by atoms with Gasteiger partial charge in [0.05, 0.1) is 11.6 Å². The molecule has 0 bridgehead atoms. The highest BCUT2D eigenvalue weighted by Gasteiger charge is 2.14. The van der Waals surface area contributed by atoms with Gasteiger partial charge < -0.3 is 16.2 Å². The summed E-state index contributed by atoms with van der Waals surface area (Å²) < 4.78 is 0. The molecule has 1 rings (SSSR count). The van der Waals surface area contributed by atoms with Crippen LogP contribution in [0.3, 0.4) is 0 Å². The first kappa shape index (κ1) is 13.5. The fourth-order valence-electron chi connectivity index (χ4n) is 1.59. The average Bonchev–Trinajstić information content (AvgIpc) is 2.28. The number of nitrogens with two attached hydrogens (primary N) is 1. The third-order valence-corrected chi connectivity index (χ3v) is 2.34. The molecular formula is C12H13N3O3. The molecule has 0 saturated heterocycles. The maximum absolute atomic E-state index is 10.8. The molecule has 4 N–H and O–H groups in total. The first-order valence-electron chi connectivity index (χ1n) is 5.28. The van der Waals surface area contributed by atoms with Crippen LogP contribution in [0, 0.1) is 11.3 Å². The van der Waals surface area contributed by atoms with Crippen LogP contribution in [0.15, 0.2) is 24.3 Å². The van der Waals surface area contributed by atoms with Crippen molar-refractivity contribution in [3.05, 3.63) is 35.4 Å². The molecule has 1 atom stereocenters. The van der Waals surface area contributed by atoms with E-state index in [1.165, 1.54) is 0 Å². The molecule has 1 aromatic rings. The number of hydrogen-bond donors (Lipinski definition) is 3. The molecule has 0 aliphatic rings. The molecule has 0 heterocycles. The Labute approximate surface area is 104 Å². The first-order valence-corrected chi connectivity index (χ1v) is 5.28. The first-order chi connectivity index (χ1) is 8.51. The number of nitrogens with zero attached hydrogens (tertiary/aromatic N) is 1. The lowest BCUT2D eigenvalue weighted by Gasteiger charge is -2.15. The fourth-order valence-corrected chi connectivity index (χ4v) is 1.59. The van der Waals surface area contributed by atoms with Gasteiger partial charge in [-0.2, -0.15) is 5.26 Å². The van der Waals surface area contributed by atoms with Crippen LogP contribution in [0.5, 0.6) is 0 Å².